The van der Waals surface area contributed by atoms with Gasteiger partial charge in [0.25, 0.3) is 0 Å². The minimum Gasteiger partial charge on any atom is -0.356 e. The van der Waals surface area contributed by atoms with Gasteiger partial charge >= 0.3 is 0 Å². The van der Waals surface area contributed by atoms with Crippen molar-refractivity contribution in [1.82, 2.24) is 10.5 Å². The first-order valence-corrected chi connectivity index (χ1v) is 6.51. The zero-order valence-corrected chi connectivity index (χ0v) is 11.0. The van der Waals surface area contributed by atoms with Crippen LogP contribution in [0.4, 0.5) is 0 Å². The summed E-state index contributed by atoms with van der Waals surface area (Å²) in [5.41, 5.74) is 1.39. The van der Waals surface area contributed by atoms with Gasteiger partial charge in [0, 0.05) is 16.8 Å². The summed E-state index contributed by atoms with van der Waals surface area (Å²) in [7, 11) is 0. The average Bonchev–Trinajstić information content (AvgIpc) is 2.72. The van der Waals surface area contributed by atoms with Crippen LogP contribution in [0.1, 0.15) is 12.6 Å². The molecule has 0 saturated heterocycles. The van der Waals surface area contributed by atoms with Crippen LogP contribution in [-0.4, -0.2) is 22.4 Å². The highest BCUT2D eigenvalue weighted by molar-refractivity contribution is 9.09. The lowest BCUT2D eigenvalue weighted by atomic mass is 10.1. The van der Waals surface area contributed by atoms with Crippen molar-refractivity contribution in [3.8, 4) is 0 Å². The molecule has 2 rings (SSSR count). The molecule has 1 amide bonds. The highest BCUT2D eigenvalue weighted by atomic mass is 79.9. The molecule has 5 heteroatoms. The van der Waals surface area contributed by atoms with Crippen LogP contribution in [0.3, 0.4) is 0 Å². The van der Waals surface area contributed by atoms with Crippen LogP contribution in [0.5, 0.6) is 0 Å². The fourth-order valence-electron chi connectivity index (χ4n) is 1.58. The lowest BCUT2D eigenvalue weighted by molar-refractivity contribution is -0.120. The number of nitrogens with zero attached hydrogens (tertiary/aromatic N) is 1. The third kappa shape index (κ3) is 2.85. The maximum atomic E-state index is 11.7. The van der Waals surface area contributed by atoms with Crippen molar-refractivity contribution < 1.29 is 9.32 Å². The summed E-state index contributed by atoms with van der Waals surface area (Å²) in [4.78, 5) is 11.7. The van der Waals surface area contributed by atoms with Crippen molar-refractivity contribution in [1.29, 1.82) is 0 Å². The van der Waals surface area contributed by atoms with E-state index in [1.54, 1.807) is 0 Å². The fourth-order valence-corrected chi connectivity index (χ4v) is 1.74. The molecule has 1 N–H and O–H groups in total. The molecular formula is C12H13BrN2O2. The second kappa shape index (κ2) is 5.31. The number of fused-ring (bicyclic) bond motifs is 1. The number of hydrogen-bond donors (Lipinski definition) is 1. The number of carbonyl (C=O) groups excluding carboxylic acids is 1. The van der Waals surface area contributed by atoms with Gasteiger partial charge in [-0.05, 0) is 19.1 Å². The zero-order valence-electron chi connectivity index (χ0n) is 9.44. The Labute approximate surface area is 107 Å². The number of aromatic nitrogens is 1. The van der Waals surface area contributed by atoms with E-state index in [9.17, 15) is 4.79 Å². The second-order valence-electron chi connectivity index (χ2n) is 3.93. The molecule has 0 bridgehead atoms. The molecule has 4 nitrogen and oxygen atoms in total. The first kappa shape index (κ1) is 12.1. The topological polar surface area (TPSA) is 55.1 Å². The average molecular weight is 297 g/mol. The van der Waals surface area contributed by atoms with Gasteiger partial charge in [0.15, 0.2) is 5.58 Å². The summed E-state index contributed by atoms with van der Waals surface area (Å²) in [6.07, 6.45) is 0.244. The molecule has 1 atom stereocenters. The van der Waals surface area contributed by atoms with E-state index in [1.165, 1.54) is 0 Å². The molecule has 1 aromatic heterocycles. The third-order valence-corrected chi connectivity index (χ3v) is 3.39. The van der Waals surface area contributed by atoms with Crippen LogP contribution in [0, 0.1) is 0 Å². The number of carbonyl (C=O) groups is 1. The maximum Gasteiger partial charge on any atom is 0.226 e. The Morgan fingerprint density at radius 3 is 3.06 bits per heavy atom. The maximum absolute atomic E-state index is 11.7. The summed E-state index contributed by atoms with van der Waals surface area (Å²) in [6, 6.07) is 7.64. The molecular weight excluding hydrogens is 284 g/mol. The van der Waals surface area contributed by atoms with Crippen LogP contribution in [0.2, 0.25) is 0 Å². The molecule has 0 fully saturated rings. The van der Waals surface area contributed by atoms with Gasteiger partial charge in [-0.1, -0.05) is 33.2 Å². The Balaban J connectivity index is 2.11. The van der Waals surface area contributed by atoms with Crippen LogP contribution in [-0.2, 0) is 11.2 Å². The Kier molecular flexibility index (Phi) is 3.78. The quantitative estimate of drug-likeness (QED) is 0.881. The van der Waals surface area contributed by atoms with Gasteiger partial charge in [0.1, 0.15) is 5.69 Å². The normalized spacial score (nSPS) is 12.6. The van der Waals surface area contributed by atoms with E-state index in [-0.39, 0.29) is 18.4 Å². The smallest absolute Gasteiger partial charge is 0.226 e. The lowest BCUT2D eigenvalue weighted by Gasteiger charge is -2.09. The minimum atomic E-state index is -0.0454. The summed E-state index contributed by atoms with van der Waals surface area (Å²) in [6.45, 7) is 1.94. The lowest BCUT2D eigenvalue weighted by Crippen LogP contribution is -2.34. The van der Waals surface area contributed by atoms with Gasteiger partial charge in [-0.25, -0.2) is 0 Å². The SMILES string of the molecule is CC(CBr)NC(=O)Cc1noc2ccccc12. The Morgan fingerprint density at radius 2 is 2.29 bits per heavy atom. The number of rotatable bonds is 4. The van der Waals surface area contributed by atoms with Crippen molar-refractivity contribution in [3.63, 3.8) is 0 Å². The van der Waals surface area contributed by atoms with Crippen molar-refractivity contribution in [2.75, 3.05) is 5.33 Å². The van der Waals surface area contributed by atoms with E-state index < -0.39 is 0 Å². The van der Waals surface area contributed by atoms with Crippen molar-refractivity contribution in [2.24, 2.45) is 0 Å². The zero-order chi connectivity index (χ0) is 12.3. The van der Waals surface area contributed by atoms with Gasteiger partial charge in [0.05, 0.1) is 6.42 Å². The van der Waals surface area contributed by atoms with E-state index in [0.717, 1.165) is 10.7 Å². The summed E-state index contributed by atoms with van der Waals surface area (Å²) in [5.74, 6) is -0.0454. The molecule has 2 aromatic rings. The van der Waals surface area contributed by atoms with Gasteiger partial charge in [0.2, 0.25) is 5.91 Å². The molecule has 0 aliphatic rings. The number of nitrogens with one attached hydrogen (secondary N) is 1. The van der Waals surface area contributed by atoms with Gasteiger partial charge in [-0.2, -0.15) is 0 Å². The number of alkyl halides is 1. The monoisotopic (exact) mass is 296 g/mol. The van der Waals surface area contributed by atoms with E-state index in [2.05, 4.69) is 26.4 Å². The minimum absolute atomic E-state index is 0.0454. The molecule has 1 unspecified atom stereocenters. The molecule has 0 radical (unpaired) electrons. The molecule has 1 aromatic carbocycles. The van der Waals surface area contributed by atoms with Crippen LogP contribution in [0.25, 0.3) is 11.0 Å². The number of para-hydroxylation sites is 1. The number of halogens is 1. The summed E-state index contributed by atoms with van der Waals surface area (Å²) < 4.78 is 5.14. The van der Waals surface area contributed by atoms with Crippen molar-refractivity contribution >= 4 is 32.8 Å². The Hall–Kier alpha value is -1.36. The summed E-state index contributed by atoms with van der Waals surface area (Å²) in [5, 5.41) is 8.42. The largest absolute Gasteiger partial charge is 0.356 e. The predicted octanol–water partition coefficient (Wildman–Crippen LogP) is 2.27. The molecule has 1 heterocycles. The highest BCUT2D eigenvalue weighted by Gasteiger charge is 2.13. The van der Waals surface area contributed by atoms with Gasteiger partial charge in [-0.3, -0.25) is 4.79 Å². The van der Waals surface area contributed by atoms with Crippen LogP contribution >= 0.6 is 15.9 Å². The standard InChI is InChI=1S/C12H13BrN2O2/c1-8(7-13)14-12(16)6-10-9-4-2-3-5-11(9)17-15-10/h2-5,8H,6-7H2,1H3,(H,14,16). The van der Waals surface area contributed by atoms with Gasteiger partial charge < -0.3 is 9.84 Å². The second-order valence-corrected chi connectivity index (χ2v) is 4.57. The van der Waals surface area contributed by atoms with E-state index in [1.807, 2.05) is 31.2 Å². The third-order valence-electron chi connectivity index (χ3n) is 2.42. The van der Waals surface area contributed by atoms with Crippen molar-refractivity contribution in [3.05, 3.63) is 30.0 Å². The number of benzene rings is 1. The number of hydrogen-bond acceptors (Lipinski definition) is 3. The molecule has 0 aliphatic carbocycles. The molecule has 0 saturated carbocycles. The predicted molar refractivity (Wildman–Crippen MR) is 69.1 cm³/mol. The van der Waals surface area contributed by atoms with E-state index in [4.69, 9.17) is 4.52 Å². The first-order valence-electron chi connectivity index (χ1n) is 5.39. The van der Waals surface area contributed by atoms with Crippen molar-refractivity contribution in [2.45, 2.75) is 19.4 Å². The molecule has 17 heavy (non-hydrogen) atoms. The molecule has 90 valence electrons. The van der Waals surface area contributed by atoms with Crippen LogP contribution < -0.4 is 5.32 Å². The van der Waals surface area contributed by atoms with Crippen LogP contribution in [0.15, 0.2) is 28.8 Å². The number of amides is 1. The van der Waals surface area contributed by atoms with E-state index >= 15 is 0 Å². The molecule has 0 aliphatic heterocycles. The van der Waals surface area contributed by atoms with Gasteiger partial charge in [-0.15, -0.1) is 0 Å². The molecule has 0 spiro atoms. The first-order chi connectivity index (χ1) is 8.20. The fraction of sp³-hybridized carbons (Fsp3) is 0.333. The Bertz CT molecular complexity index is 524. The Morgan fingerprint density at radius 1 is 1.53 bits per heavy atom. The highest BCUT2D eigenvalue weighted by Crippen LogP contribution is 2.17. The summed E-state index contributed by atoms with van der Waals surface area (Å²) >= 11 is 3.31. The van der Waals surface area contributed by atoms with E-state index in [0.29, 0.717) is 11.3 Å².